The number of esters is 1. The number of methoxy groups -OCH3 is 1. The number of carbonyl (C=O) groups excluding carboxylic acids is 2. The van der Waals surface area contributed by atoms with Crippen molar-refractivity contribution in [3.05, 3.63) is 71.8 Å². The molecule has 0 unspecified atom stereocenters. The number of piperidine rings is 1. The summed E-state index contributed by atoms with van der Waals surface area (Å²) in [5.41, 5.74) is 1.52. The highest BCUT2D eigenvalue weighted by molar-refractivity contribution is 5.88. The van der Waals surface area contributed by atoms with E-state index in [1.807, 2.05) is 36.4 Å². The summed E-state index contributed by atoms with van der Waals surface area (Å²) in [5.74, 6) is -0.440. The van der Waals surface area contributed by atoms with Gasteiger partial charge in [-0.3, -0.25) is 4.79 Å². The summed E-state index contributed by atoms with van der Waals surface area (Å²) in [5, 5.41) is 3.01. The number of carbonyl (C=O) groups is 2. The number of likely N-dealkylation sites (tertiary alicyclic amines) is 1. The molecule has 29 heavy (non-hydrogen) atoms. The third kappa shape index (κ3) is 5.91. The molecule has 1 N–H and O–H groups in total. The predicted molar refractivity (Wildman–Crippen MR) is 113 cm³/mol. The highest BCUT2D eigenvalue weighted by atomic mass is 16.5. The van der Waals surface area contributed by atoms with Gasteiger partial charge in [-0.2, -0.15) is 0 Å². The first-order valence-corrected chi connectivity index (χ1v) is 10.3. The van der Waals surface area contributed by atoms with E-state index in [9.17, 15) is 9.59 Å². The quantitative estimate of drug-likeness (QED) is 0.700. The maximum atomic E-state index is 12.6. The lowest BCUT2D eigenvalue weighted by atomic mass is 9.87. The molecule has 5 heteroatoms. The molecule has 0 bridgehead atoms. The van der Waals surface area contributed by atoms with Gasteiger partial charge in [-0.15, -0.1) is 0 Å². The number of aryl methyl sites for hydroxylation is 1. The van der Waals surface area contributed by atoms with Crippen LogP contribution in [0.25, 0.3) is 0 Å². The van der Waals surface area contributed by atoms with Crippen LogP contribution in [0.2, 0.25) is 0 Å². The van der Waals surface area contributed by atoms with Crippen LogP contribution in [0.5, 0.6) is 0 Å². The molecule has 2 aromatic rings. The number of ether oxygens (including phenoxy) is 1. The summed E-state index contributed by atoms with van der Waals surface area (Å²) in [6.07, 6.45) is 3.15. The first-order chi connectivity index (χ1) is 14.1. The van der Waals surface area contributed by atoms with Crippen LogP contribution < -0.4 is 5.32 Å². The van der Waals surface area contributed by atoms with E-state index in [2.05, 4.69) is 34.5 Å². The normalized spacial score (nSPS) is 16.2. The fourth-order valence-corrected chi connectivity index (χ4v) is 3.90. The molecule has 0 aromatic heterocycles. The Morgan fingerprint density at radius 1 is 0.931 bits per heavy atom. The molecule has 1 fully saturated rings. The van der Waals surface area contributed by atoms with Crippen molar-refractivity contribution in [2.45, 2.75) is 37.6 Å². The van der Waals surface area contributed by atoms with E-state index in [0.29, 0.717) is 25.7 Å². The molecule has 0 saturated carbocycles. The molecule has 1 saturated heterocycles. The molecule has 3 rings (SSSR count). The minimum absolute atomic E-state index is 0.100. The minimum atomic E-state index is -0.911. The topological polar surface area (TPSA) is 58.6 Å². The summed E-state index contributed by atoms with van der Waals surface area (Å²) in [4.78, 5) is 27.5. The van der Waals surface area contributed by atoms with E-state index in [1.165, 1.54) is 12.7 Å². The van der Waals surface area contributed by atoms with Gasteiger partial charge < -0.3 is 15.0 Å². The largest absolute Gasteiger partial charge is 0.467 e. The van der Waals surface area contributed by atoms with Crippen molar-refractivity contribution < 1.29 is 14.3 Å². The Labute approximate surface area is 173 Å². The third-order valence-electron chi connectivity index (χ3n) is 5.71. The zero-order valence-corrected chi connectivity index (χ0v) is 17.1. The van der Waals surface area contributed by atoms with Crippen molar-refractivity contribution in [3.8, 4) is 0 Å². The Bertz CT molecular complexity index is 784. The Kier molecular flexibility index (Phi) is 7.42. The number of rotatable bonds is 8. The van der Waals surface area contributed by atoms with Gasteiger partial charge >= 0.3 is 5.97 Å². The van der Waals surface area contributed by atoms with E-state index >= 15 is 0 Å². The van der Waals surface area contributed by atoms with Crippen LogP contribution >= 0.6 is 0 Å². The summed E-state index contributed by atoms with van der Waals surface area (Å²) in [7, 11) is 1.39. The third-order valence-corrected chi connectivity index (χ3v) is 5.71. The Morgan fingerprint density at radius 3 is 2.03 bits per heavy atom. The molecule has 0 atom stereocenters. The first-order valence-electron chi connectivity index (χ1n) is 10.3. The molecular weight excluding hydrogens is 364 g/mol. The first kappa shape index (κ1) is 21.1. The average Bonchev–Trinajstić information content (AvgIpc) is 2.78. The van der Waals surface area contributed by atoms with Crippen LogP contribution in [-0.4, -0.2) is 49.1 Å². The van der Waals surface area contributed by atoms with Gasteiger partial charge in [0, 0.05) is 26.1 Å². The second-order valence-corrected chi connectivity index (χ2v) is 7.68. The summed E-state index contributed by atoms with van der Waals surface area (Å²) in [6.45, 7) is 2.48. The van der Waals surface area contributed by atoms with Crippen LogP contribution in [0.4, 0.5) is 0 Å². The molecule has 2 aromatic carbocycles. The maximum absolute atomic E-state index is 12.6. The van der Waals surface area contributed by atoms with Crippen LogP contribution in [-0.2, 0) is 27.2 Å². The Morgan fingerprint density at radius 2 is 1.48 bits per heavy atom. The summed E-state index contributed by atoms with van der Waals surface area (Å²) in [6, 6.07) is 20.3. The Balaban J connectivity index is 1.52. The zero-order chi connectivity index (χ0) is 20.5. The predicted octanol–water partition coefficient (Wildman–Crippen LogP) is 2.99. The molecule has 154 valence electrons. The molecule has 5 nitrogen and oxygen atoms in total. The molecule has 0 aliphatic carbocycles. The molecule has 0 spiro atoms. The molecular formula is C24H30N2O3. The van der Waals surface area contributed by atoms with Gasteiger partial charge in [0.25, 0.3) is 0 Å². The second kappa shape index (κ2) is 10.2. The smallest absolute Gasteiger partial charge is 0.331 e. The van der Waals surface area contributed by atoms with E-state index in [0.717, 1.165) is 31.6 Å². The lowest BCUT2D eigenvalue weighted by molar-refractivity contribution is -0.153. The monoisotopic (exact) mass is 394 g/mol. The van der Waals surface area contributed by atoms with Gasteiger partial charge in [0.1, 0.15) is 5.54 Å². The number of hydrogen-bond acceptors (Lipinski definition) is 4. The van der Waals surface area contributed by atoms with Gasteiger partial charge in [0.15, 0.2) is 0 Å². The maximum Gasteiger partial charge on any atom is 0.331 e. The summed E-state index contributed by atoms with van der Waals surface area (Å²) >= 11 is 0. The van der Waals surface area contributed by atoms with Crippen LogP contribution in [0.3, 0.4) is 0 Å². The van der Waals surface area contributed by atoms with Crippen molar-refractivity contribution in [2.75, 3.05) is 26.7 Å². The van der Waals surface area contributed by atoms with Gasteiger partial charge in [-0.25, -0.2) is 4.79 Å². The number of hydrogen-bond donors (Lipinski definition) is 1. The number of benzene rings is 2. The second-order valence-electron chi connectivity index (χ2n) is 7.68. The van der Waals surface area contributed by atoms with Crippen molar-refractivity contribution >= 4 is 11.9 Å². The fourth-order valence-electron chi connectivity index (χ4n) is 3.90. The van der Waals surface area contributed by atoms with E-state index < -0.39 is 5.54 Å². The molecule has 0 radical (unpaired) electrons. The van der Waals surface area contributed by atoms with Crippen LogP contribution in [0, 0.1) is 0 Å². The molecule has 1 aliphatic heterocycles. The fraction of sp³-hybridized carbons (Fsp3) is 0.417. The SMILES string of the molecule is COC(=O)C1(NC(=O)CCc2ccccc2)CCN(CCc2ccccc2)CC1. The molecule has 1 heterocycles. The van der Waals surface area contributed by atoms with Gasteiger partial charge in [-0.05, 0) is 36.8 Å². The minimum Gasteiger partial charge on any atom is -0.467 e. The standard InChI is InChI=1S/C24H30N2O3/c1-29-23(28)24(25-22(27)13-12-20-8-4-2-5-9-20)15-18-26(19-16-24)17-14-21-10-6-3-7-11-21/h2-11H,12-19H2,1H3,(H,25,27). The lowest BCUT2D eigenvalue weighted by Crippen LogP contribution is -2.60. The van der Waals surface area contributed by atoms with E-state index in [1.54, 1.807) is 0 Å². The van der Waals surface area contributed by atoms with Gasteiger partial charge in [0.05, 0.1) is 7.11 Å². The molecule has 1 aliphatic rings. The van der Waals surface area contributed by atoms with Gasteiger partial charge in [-0.1, -0.05) is 60.7 Å². The average molecular weight is 395 g/mol. The number of amides is 1. The number of nitrogens with zero attached hydrogens (tertiary/aromatic N) is 1. The molecule has 1 amide bonds. The van der Waals surface area contributed by atoms with Crippen molar-refractivity contribution in [1.82, 2.24) is 10.2 Å². The highest BCUT2D eigenvalue weighted by Crippen LogP contribution is 2.24. The van der Waals surface area contributed by atoms with Crippen molar-refractivity contribution in [3.63, 3.8) is 0 Å². The Hall–Kier alpha value is -2.66. The van der Waals surface area contributed by atoms with Crippen molar-refractivity contribution in [1.29, 1.82) is 0 Å². The van der Waals surface area contributed by atoms with Crippen LogP contribution in [0.15, 0.2) is 60.7 Å². The lowest BCUT2D eigenvalue weighted by Gasteiger charge is -2.40. The zero-order valence-electron chi connectivity index (χ0n) is 17.1. The highest BCUT2D eigenvalue weighted by Gasteiger charge is 2.43. The number of nitrogens with one attached hydrogen (secondary N) is 1. The van der Waals surface area contributed by atoms with Crippen molar-refractivity contribution in [2.24, 2.45) is 0 Å². The van der Waals surface area contributed by atoms with E-state index in [-0.39, 0.29) is 11.9 Å². The van der Waals surface area contributed by atoms with Crippen LogP contribution in [0.1, 0.15) is 30.4 Å². The van der Waals surface area contributed by atoms with Gasteiger partial charge in [0.2, 0.25) is 5.91 Å². The summed E-state index contributed by atoms with van der Waals surface area (Å²) < 4.78 is 5.05. The van der Waals surface area contributed by atoms with E-state index in [4.69, 9.17) is 4.74 Å².